The van der Waals surface area contributed by atoms with E-state index in [2.05, 4.69) is 16.9 Å². The minimum atomic E-state index is -1.27. The Morgan fingerprint density at radius 1 is 1.00 bits per heavy atom. The monoisotopic (exact) mass is 697 g/mol. The Bertz CT molecular complexity index is 1830. The first kappa shape index (κ1) is 38.2. The predicted molar refractivity (Wildman–Crippen MR) is 190 cm³/mol. The molecule has 1 fully saturated rings. The highest BCUT2D eigenvalue weighted by Crippen LogP contribution is 2.35. The maximum atomic E-state index is 14.0. The smallest absolute Gasteiger partial charge is 0.360 e. The summed E-state index contributed by atoms with van der Waals surface area (Å²) in [5, 5.41) is 11.1. The fourth-order valence-electron chi connectivity index (χ4n) is 5.09. The van der Waals surface area contributed by atoms with Gasteiger partial charge in [0.15, 0.2) is 11.5 Å². The van der Waals surface area contributed by atoms with Crippen LogP contribution in [0.3, 0.4) is 0 Å². The van der Waals surface area contributed by atoms with Crippen molar-refractivity contribution in [2.75, 3.05) is 20.3 Å². The third-order valence-corrected chi connectivity index (χ3v) is 8.07. The molecule has 0 radical (unpaired) electrons. The summed E-state index contributed by atoms with van der Waals surface area (Å²) in [5.41, 5.74) is 2.14. The molecule has 0 aliphatic heterocycles. The van der Waals surface area contributed by atoms with Crippen molar-refractivity contribution in [3.05, 3.63) is 88.8 Å². The molecule has 4 rings (SSSR count). The Morgan fingerprint density at radius 3 is 2.31 bits per heavy atom. The summed E-state index contributed by atoms with van der Waals surface area (Å²) in [6.45, 7) is 10.9. The maximum Gasteiger partial charge on any atom is 0.360 e. The zero-order valence-corrected chi connectivity index (χ0v) is 29.5. The van der Waals surface area contributed by atoms with E-state index < -0.39 is 36.0 Å². The number of nitrogens with zero attached hydrogens (tertiary/aromatic N) is 1. The number of ether oxygens (including phenoxy) is 4. The molecule has 1 saturated carbocycles. The van der Waals surface area contributed by atoms with E-state index in [4.69, 9.17) is 24.4 Å². The van der Waals surface area contributed by atoms with Gasteiger partial charge in [-0.3, -0.25) is 19.2 Å². The van der Waals surface area contributed by atoms with Gasteiger partial charge in [-0.05, 0) is 66.6 Å². The Kier molecular flexibility index (Phi) is 13.0. The van der Waals surface area contributed by atoms with E-state index in [0.29, 0.717) is 34.9 Å². The third-order valence-electron chi connectivity index (χ3n) is 8.07. The highest BCUT2D eigenvalue weighted by molar-refractivity contribution is 6.09. The van der Waals surface area contributed by atoms with Gasteiger partial charge in [-0.25, -0.2) is 9.78 Å². The van der Waals surface area contributed by atoms with Gasteiger partial charge in [0, 0.05) is 42.3 Å². The highest BCUT2D eigenvalue weighted by Gasteiger charge is 2.28. The van der Waals surface area contributed by atoms with Gasteiger partial charge < -0.3 is 29.7 Å². The molecular formula is C39H43N3O9. The van der Waals surface area contributed by atoms with E-state index >= 15 is 0 Å². The van der Waals surface area contributed by atoms with Crippen LogP contribution in [0, 0.1) is 17.2 Å². The van der Waals surface area contributed by atoms with Crippen LogP contribution >= 0.6 is 0 Å². The summed E-state index contributed by atoms with van der Waals surface area (Å²) < 4.78 is 21.2. The molecular weight excluding hydrogens is 654 g/mol. The van der Waals surface area contributed by atoms with Gasteiger partial charge in [0.25, 0.3) is 5.91 Å². The van der Waals surface area contributed by atoms with Crippen LogP contribution in [0.2, 0.25) is 0 Å². The lowest BCUT2D eigenvalue weighted by Crippen LogP contribution is -2.28. The van der Waals surface area contributed by atoms with Gasteiger partial charge in [-0.15, -0.1) is 0 Å². The number of nitrogens with one attached hydrogen (secondary N) is 2. The van der Waals surface area contributed by atoms with Crippen LogP contribution in [0.25, 0.3) is 17.2 Å². The molecule has 268 valence electrons. The normalized spacial score (nSPS) is 12.7. The summed E-state index contributed by atoms with van der Waals surface area (Å²) >= 11 is 0. The maximum absolute atomic E-state index is 14.0. The van der Waals surface area contributed by atoms with Gasteiger partial charge in [-0.1, -0.05) is 50.8 Å². The summed E-state index contributed by atoms with van der Waals surface area (Å²) in [6.07, 6.45) is 2.09. The van der Waals surface area contributed by atoms with Crippen LogP contribution in [0.5, 0.6) is 5.75 Å². The van der Waals surface area contributed by atoms with Gasteiger partial charge in [-0.2, -0.15) is 0 Å². The quantitative estimate of drug-likeness (QED) is 0.0739. The molecule has 2 aromatic carbocycles. The number of benzene rings is 2. The minimum Gasteiger partial charge on any atom is -0.496 e. The number of ketones is 1. The van der Waals surface area contributed by atoms with Crippen LogP contribution in [0.4, 0.5) is 0 Å². The van der Waals surface area contributed by atoms with Crippen LogP contribution in [-0.4, -0.2) is 66.8 Å². The molecule has 1 unspecified atom stereocenters. The first-order valence-corrected chi connectivity index (χ1v) is 16.8. The molecule has 12 nitrogen and oxygen atoms in total. The van der Waals surface area contributed by atoms with Crippen molar-refractivity contribution < 1.29 is 42.9 Å². The first-order valence-electron chi connectivity index (χ1n) is 16.8. The topological polar surface area (TPSA) is 171 Å². The van der Waals surface area contributed by atoms with Crippen LogP contribution in [0.15, 0.2) is 55.1 Å². The number of amides is 1. The van der Waals surface area contributed by atoms with Gasteiger partial charge in [0.1, 0.15) is 11.4 Å². The number of carbonyl (C=O) groups is 5. The molecule has 0 bridgehead atoms. The number of rotatable bonds is 17. The third kappa shape index (κ3) is 10.2. The molecule has 1 aliphatic rings. The molecule has 51 heavy (non-hydrogen) atoms. The van der Waals surface area contributed by atoms with Crippen molar-refractivity contribution in [3.63, 3.8) is 0 Å². The van der Waals surface area contributed by atoms with Gasteiger partial charge >= 0.3 is 17.9 Å². The van der Waals surface area contributed by atoms with Crippen LogP contribution < -0.4 is 10.1 Å². The summed E-state index contributed by atoms with van der Waals surface area (Å²) in [6, 6.07) is 12.9. The number of pyridine rings is 1. The second kappa shape index (κ2) is 17.3. The van der Waals surface area contributed by atoms with E-state index in [1.54, 1.807) is 57.2 Å². The molecule has 0 spiro atoms. The number of aromatic nitrogens is 1. The molecule has 1 aromatic heterocycles. The SMILES string of the molecule is C=Cc1cc(C(=O)Cc2ccc(C(=N)CC(=O)OCC)cc2)c(-c2ccc(C(=O)NCC3CC3)nc2C(=O)OC(C)OC(=O)C(C)C)cc1OC. The van der Waals surface area contributed by atoms with Crippen molar-refractivity contribution in [1.82, 2.24) is 10.3 Å². The average Bonchev–Trinajstić information content (AvgIpc) is 3.94. The molecule has 1 atom stereocenters. The molecule has 1 heterocycles. The van der Waals surface area contributed by atoms with E-state index in [1.165, 1.54) is 32.2 Å². The summed E-state index contributed by atoms with van der Waals surface area (Å²) in [5.74, 6) is -2.53. The zero-order chi connectivity index (χ0) is 37.2. The summed E-state index contributed by atoms with van der Waals surface area (Å²) in [4.78, 5) is 69.2. The van der Waals surface area contributed by atoms with E-state index in [1.807, 2.05) is 0 Å². The largest absolute Gasteiger partial charge is 0.496 e. The highest BCUT2D eigenvalue weighted by atomic mass is 16.7. The number of methoxy groups -OCH3 is 1. The van der Waals surface area contributed by atoms with E-state index in [9.17, 15) is 24.0 Å². The summed E-state index contributed by atoms with van der Waals surface area (Å²) in [7, 11) is 1.46. The van der Waals surface area contributed by atoms with Crippen molar-refractivity contribution in [2.24, 2.45) is 11.8 Å². The number of Topliss-reactive ketones (excluding diaryl/α,β-unsaturated/α-hetero) is 1. The lowest BCUT2D eigenvalue weighted by atomic mass is 9.90. The lowest BCUT2D eigenvalue weighted by Gasteiger charge is -2.19. The minimum absolute atomic E-state index is 0.0330. The Labute approximate surface area is 297 Å². The number of esters is 3. The van der Waals surface area contributed by atoms with Crippen molar-refractivity contribution in [1.29, 1.82) is 5.41 Å². The first-order chi connectivity index (χ1) is 24.3. The predicted octanol–water partition coefficient (Wildman–Crippen LogP) is 5.99. The Hall–Kier alpha value is -5.65. The van der Waals surface area contributed by atoms with Crippen molar-refractivity contribution >= 4 is 41.4 Å². The molecule has 3 aromatic rings. The van der Waals surface area contributed by atoms with E-state index in [-0.39, 0.29) is 59.0 Å². The van der Waals surface area contributed by atoms with Gasteiger partial charge in [0.05, 0.1) is 26.1 Å². The molecule has 1 aliphatic carbocycles. The second-order valence-electron chi connectivity index (χ2n) is 12.4. The van der Waals surface area contributed by atoms with Crippen molar-refractivity contribution in [2.45, 2.75) is 59.7 Å². The Morgan fingerprint density at radius 2 is 1.71 bits per heavy atom. The van der Waals surface area contributed by atoms with E-state index in [0.717, 1.165) is 12.8 Å². The Balaban J connectivity index is 1.73. The van der Waals surface area contributed by atoms with Crippen LogP contribution in [0.1, 0.15) is 95.0 Å². The second-order valence-corrected chi connectivity index (χ2v) is 12.4. The number of carbonyl (C=O) groups excluding carboxylic acids is 5. The van der Waals surface area contributed by atoms with Gasteiger partial charge in [0.2, 0.25) is 6.29 Å². The standard InChI is InChI=1S/C39H43N3O9/c1-7-26-18-30(33(43)17-24-11-13-27(14-12-24)31(40)20-35(44)49-8-2)29(19-34(26)48-6)28-15-16-32(37(45)41-21-25-9-10-25)42-36(28)39(47)51-23(5)50-38(46)22(3)4/h7,11-16,18-19,22-23,25,40H,1,8-10,17,20-21H2,2-6H3,(H,41,45). The molecule has 12 heteroatoms. The zero-order valence-electron chi connectivity index (χ0n) is 29.5. The average molecular weight is 698 g/mol. The molecule has 1 amide bonds. The number of hydrogen-bond acceptors (Lipinski definition) is 11. The lowest BCUT2D eigenvalue weighted by molar-refractivity contribution is -0.169. The number of hydrogen-bond donors (Lipinski definition) is 2. The van der Waals surface area contributed by atoms with Crippen LogP contribution in [-0.2, 0) is 30.2 Å². The molecule has 2 N–H and O–H groups in total. The molecule has 0 saturated heterocycles. The fourth-order valence-corrected chi connectivity index (χ4v) is 5.09. The van der Waals surface area contributed by atoms with Crippen molar-refractivity contribution in [3.8, 4) is 16.9 Å². The fraction of sp³-hybridized carbons (Fsp3) is 0.359.